The highest BCUT2D eigenvalue weighted by atomic mass is 32.1. The third kappa shape index (κ3) is 3.49. The van der Waals surface area contributed by atoms with Crippen LogP contribution in [0.1, 0.15) is 32.1 Å². The average molecular weight is 451 g/mol. The molecular formula is C23H22N4O4S. The maximum Gasteiger partial charge on any atom is 0.264 e. The molecule has 32 heavy (non-hydrogen) atoms. The van der Waals surface area contributed by atoms with Crippen molar-refractivity contribution in [2.24, 2.45) is 0 Å². The summed E-state index contributed by atoms with van der Waals surface area (Å²) in [4.78, 5) is 34.9. The van der Waals surface area contributed by atoms with Crippen molar-refractivity contribution in [1.82, 2.24) is 20.2 Å². The first-order chi connectivity index (χ1) is 15.4. The molecule has 164 valence electrons. The van der Waals surface area contributed by atoms with E-state index < -0.39 is 6.10 Å². The smallest absolute Gasteiger partial charge is 0.264 e. The fourth-order valence-electron chi connectivity index (χ4n) is 4.10. The lowest BCUT2D eigenvalue weighted by Crippen LogP contribution is -2.28. The topological polar surface area (TPSA) is 108 Å². The molecule has 0 saturated carbocycles. The predicted octanol–water partition coefficient (Wildman–Crippen LogP) is 3.44. The molecule has 0 spiro atoms. The van der Waals surface area contributed by atoms with Gasteiger partial charge in [-0.15, -0.1) is 11.3 Å². The Labute approximate surface area is 187 Å². The molecule has 3 aromatic heterocycles. The summed E-state index contributed by atoms with van der Waals surface area (Å²) < 4.78 is 6.94. The molecular weight excluding hydrogens is 428 g/mol. The molecule has 4 aromatic rings. The number of aliphatic hydroxyl groups excluding tert-OH is 1. The van der Waals surface area contributed by atoms with Crippen LogP contribution in [0.2, 0.25) is 0 Å². The first-order valence-corrected chi connectivity index (χ1v) is 11.1. The number of hydrogen-bond acceptors (Lipinski definition) is 6. The number of hydrogen-bond donors (Lipinski definition) is 3. The Hall–Kier alpha value is -3.43. The lowest BCUT2D eigenvalue weighted by molar-refractivity contribution is 0.0769. The number of thiophene rings is 1. The molecule has 1 saturated heterocycles. The zero-order valence-corrected chi connectivity index (χ0v) is 18.5. The number of likely N-dealkylation sites (tertiary alicyclic amines) is 1. The summed E-state index contributed by atoms with van der Waals surface area (Å²) in [6, 6.07) is 9.07. The van der Waals surface area contributed by atoms with Crippen LogP contribution in [-0.2, 0) is 0 Å². The predicted molar refractivity (Wildman–Crippen MR) is 123 cm³/mol. The molecule has 0 radical (unpaired) electrons. The van der Waals surface area contributed by atoms with Gasteiger partial charge in [0.1, 0.15) is 11.5 Å². The number of pyridine rings is 1. The van der Waals surface area contributed by atoms with Crippen molar-refractivity contribution >= 4 is 44.3 Å². The highest BCUT2D eigenvalue weighted by Gasteiger charge is 2.27. The molecule has 5 rings (SSSR count). The maximum absolute atomic E-state index is 12.8. The van der Waals surface area contributed by atoms with Gasteiger partial charge in [0.25, 0.3) is 11.8 Å². The number of ether oxygens (including phenoxy) is 1. The van der Waals surface area contributed by atoms with E-state index in [0.717, 1.165) is 21.3 Å². The number of amides is 2. The zero-order valence-electron chi connectivity index (χ0n) is 17.6. The van der Waals surface area contributed by atoms with E-state index in [1.165, 1.54) is 11.3 Å². The number of benzene rings is 1. The quantitative estimate of drug-likeness (QED) is 0.441. The number of β-amino-alcohol motifs (C(OH)–C–C–N with tert-alkyl or cyclic N) is 1. The summed E-state index contributed by atoms with van der Waals surface area (Å²) in [6.45, 7) is 2.77. The Kier molecular flexibility index (Phi) is 5.07. The Bertz CT molecular complexity index is 1360. The van der Waals surface area contributed by atoms with Crippen LogP contribution in [0, 0.1) is 6.92 Å². The standard InChI is InChI=1S/C23H22N4O4S/c1-12-20(22(29)24-2)15-4-3-14(9-16(15)26-12)31-18-5-7-25-17-10-19(32-21(17)18)23(30)27-8-6-13(28)11-27/h3-5,7,9-10,13,26,28H,6,8,11H2,1-2H3,(H,24,29)/t13-/m1/s1. The summed E-state index contributed by atoms with van der Waals surface area (Å²) in [6.07, 6.45) is 1.80. The van der Waals surface area contributed by atoms with Gasteiger partial charge in [-0.2, -0.15) is 0 Å². The van der Waals surface area contributed by atoms with E-state index >= 15 is 0 Å². The van der Waals surface area contributed by atoms with Crippen LogP contribution in [-0.4, -0.2) is 58.0 Å². The minimum atomic E-state index is -0.458. The molecule has 1 atom stereocenters. The summed E-state index contributed by atoms with van der Waals surface area (Å²) in [7, 11) is 1.61. The number of carbonyl (C=O) groups excluding carboxylic acids is 2. The van der Waals surface area contributed by atoms with Gasteiger partial charge in [-0.3, -0.25) is 14.6 Å². The van der Waals surface area contributed by atoms with E-state index in [4.69, 9.17) is 4.74 Å². The van der Waals surface area contributed by atoms with E-state index in [1.54, 1.807) is 30.3 Å². The van der Waals surface area contributed by atoms with Crippen molar-refractivity contribution in [3.05, 3.63) is 52.7 Å². The molecule has 9 heteroatoms. The number of nitrogens with one attached hydrogen (secondary N) is 2. The van der Waals surface area contributed by atoms with Gasteiger partial charge in [-0.1, -0.05) is 0 Å². The van der Waals surface area contributed by atoms with Gasteiger partial charge in [0.05, 0.1) is 32.3 Å². The van der Waals surface area contributed by atoms with Gasteiger partial charge in [-0.25, -0.2) is 0 Å². The Morgan fingerprint density at radius 1 is 1.31 bits per heavy atom. The molecule has 1 aliphatic heterocycles. The molecule has 0 aliphatic carbocycles. The third-order valence-corrected chi connectivity index (χ3v) is 6.80. The fourth-order valence-corrected chi connectivity index (χ4v) is 5.14. The number of fused-ring (bicyclic) bond motifs is 2. The maximum atomic E-state index is 12.8. The normalized spacial score (nSPS) is 16.1. The summed E-state index contributed by atoms with van der Waals surface area (Å²) in [5, 5.41) is 13.2. The molecule has 1 aromatic carbocycles. The van der Waals surface area contributed by atoms with Gasteiger partial charge >= 0.3 is 0 Å². The van der Waals surface area contributed by atoms with E-state index in [-0.39, 0.29) is 11.8 Å². The summed E-state index contributed by atoms with van der Waals surface area (Å²) >= 11 is 1.34. The summed E-state index contributed by atoms with van der Waals surface area (Å²) in [5.41, 5.74) is 2.90. The third-order valence-electron chi connectivity index (χ3n) is 5.68. The number of aromatic nitrogens is 2. The molecule has 1 fully saturated rings. The van der Waals surface area contributed by atoms with Crippen LogP contribution < -0.4 is 10.1 Å². The van der Waals surface area contributed by atoms with Crippen molar-refractivity contribution in [1.29, 1.82) is 0 Å². The molecule has 4 heterocycles. The number of carbonyl (C=O) groups is 2. The van der Waals surface area contributed by atoms with Crippen molar-refractivity contribution in [3.63, 3.8) is 0 Å². The van der Waals surface area contributed by atoms with Crippen LogP contribution in [0.5, 0.6) is 11.5 Å². The Balaban J connectivity index is 1.46. The minimum absolute atomic E-state index is 0.0967. The van der Waals surface area contributed by atoms with Gasteiger partial charge in [0.2, 0.25) is 0 Å². The number of rotatable bonds is 4. The highest BCUT2D eigenvalue weighted by molar-refractivity contribution is 7.21. The van der Waals surface area contributed by atoms with E-state index in [1.807, 2.05) is 25.1 Å². The first-order valence-electron chi connectivity index (χ1n) is 10.3. The van der Waals surface area contributed by atoms with Gasteiger partial charge in [0.15, 0.2) is 0 Å². The van der Waals surface area contributed by atoms with Crippen LogP contribution in [0.25, 0.3) is 21.1 Å². The van der Waals surface area contributed by atoms with Gasteiger partial charge in [-0.05, 0) is 31.5 Å². The Morgan fingerprint density at radius 3 is 2.91 bits per heavy atom. The lowest BCUT2D eigenvalue weighted by Gasteiger charge is -2.13. The van der Waals surface area contributed by atoms with Gasteiger partial charge < -0.3 is 25.0 Å². The van der Waals surface area contributed by atoms with Crippen LogP contribution in [0.3, 0.4) is 0 Å². The summed E-state index contributed by atoms with van der Waals surface area (Å²) in [5.74, 6) is 0.980. The molecule has 8 nitrogen and oxygen atoms in total. The fraction of sp³-hybridized carbons (Fsp3) is 0.261. The SMILES string of the molecule is CNC(=O)c1c(C)[nH]c2cc(Oc3ccnc4cc(C(=O)N5CC[C@@H](O)C5)sc34)ccc12. The molecule has 2 amide bonds. The van der Waals surface area contributed by atoms with E-state index in [0.29, 0.717) is 47.0 Å². The number of aryl methyl sites for hydroxylation is 1. The second kappa shape index (κ2) is 7.92. The lowest BCUT2D eigenvalue weighted by atomic mass is 10.1. The number of H-pyrrole nitrogens is 1. The molecule has 1 aliphatic rings. The number of nitrogens with zero attached hydrogens (tertiary/aromatic N) is 2. The highest BCUT2D eigenvalue weighted by Crippen LogP contribution is 2.36. The zero-order chi connectivity index (χ0) is 22.4. The van der Waals surface area contributed by atoms with E-state index in [9.17, 15) is 14.7 Å². The number of aromatic amines is 1. The van der Waals surface area contributed by atoms with Crippen molar-refractivity contribution in [3.8, 4) is 11.5 Å². The van der Waals surface area contributed by atoms with Crippen LogP contribution >= 0.6 is 11.3 Å². The average Bonchev–Trinajstić information content (AvgIpc) is 3.49. The van der Waals surface area contributed by atoms with E-state index in [2.05, 4.69) is 15.3 Å². The van der Waals surface area contributed by atoms with Crippen LogP contribution in [0.15, 0.2) is 36.5 Å². The minimum Gasteiger partial charge on any atom is -0.456 e. The molecule has 0 unspecified atom stereocenters. The monoisotopic (exact) mass is 450 g/mol. The molecule has 3 N–H and O–H groups in total. The largest absolute Gasteiger partial charge is 0.456 e. The molecule has 0 bridgehead atoms. The first kappa shape index (κ1) is 20.5. The van der Waals surface area contributed by atoms with Crippen molar-refractivity contribution < 1.29 is 19.4 Å². The van der Waals surface area contributed by atoms with Crippen molar-refractivity contribution in [2.45, 2.75) is 19.4 Å². The Morgan fingerprint density at radius 2 is 2.16 bits per heavy atom. The number of aliphatic hydroxyl groups is 1. The van der Waals surface area contributed by atoms with Gasteiger partial charge in [0, 0.05) is 49.5 Å². The second-order valence-electron chi connectivity index (χ2n) is 7.84. The van der Waals surface area contributed by atoms with Crippen molar-refractivity contribution in [2.75, 3.05) is 20.1 Å². The second-order valence-corrected chi connectivity index (χ2v) is 8.89. The van der Waals surface area contributed by atoms with Crippen LogP contribution in [0.4, 0.5) is 0 Å².